The molecule has 3 nitrogen and oxygen atoms in total. The molecule has 1 amide bonds. The first kappa shape index (κ1) is 12.6. The van der Waals surface area contributed by atoms with Crippen molar-refractivity contribution in [2.75, 3.05) is 11.9 Å². The summed E-state index contributed by atoms with van der Waals surface area (Å²) in [6.07, 6.45) is 0.471. The van der Waals surface area contributed by atoms with Crippen molar-refractivity contribution in [1.82, 2.24) is 0 Å². The molecule has 0 saturated heterocycles. The predicted molar refractivity (Wildman–Crippen MR) is 65.7 cm³/mol. The Bertz CT molecular complexity index is 348. The van der Waals surface area contributed by atoms with Crippen LogP contribution in [-0.4, -0.2) is 12.5 Å². The van der Waals surface area contributed by atoms with E-state index in [-0.39, 0.29) is 5.91 Å². The highest BCUT2D eigenvalue weighted by atomic mass is 16.5. The molecule has 0 bridgehead atoms. The molecule has 0 fully saturated rings. The quantitative estimate of drug-likeness (QED) is 0.829. The molecule has 0 spiro atoms. The van der Waals surface area contributed by atoms with Gasteiger partial charge in [-0.3, -0.25) is 4.79 Å². The van der Waals surface area contributed by atoms with Crippen LogP contribution in [0, 0.1) is 5.92 Å². The van der Waals surface area contributed by atoms with Gasteiger partial charge in [0, 0.05) is 6.42 Å². The van der Waals surface area contributed by atoms with Gasteiger partial charge in [-0.15, -0.1) is 0 Å². The number of hydrogen-bond acceptors (Lipinski definition) is 2. The molecular formula is C13H19NO2. The number of hydrogen-bond donors (Lipinski definition) is 1. The van der Waals surface area contributed by atoms with Gasteiger partial charge in [0.15, 0.2) is 0 Å². The topological polar surface area (TPSA) is 38.3 Å². The summed E-state index contributed by atoms with van der Waals surface area (Å²) >= 11 is 0. The molecule has 1 rings (SSSR count). The summed E-state index contributed by atoms with van der Waals surface area (Å²) in [4.78, 5) is 11.3. The lowest BCUT2D eigenvalue weighted by atomic mass is 10.2. The maximum Gasteiger partial charge on any atom is 0.224 e. The van der Waals surface area contributed by atoms with Gasteiger partial charge in [0.05, 0.1) is 12.3 Å². The Kier molecular flexibility index (Phi) is 4.83. The van der Waals surface area contributed by atoms with Gasteiger partial charge < -0.3 is 10.1 Å². The van der Waals surface area contributed by atoms with Crippen LogP contribution in [0.1, 0.15) is 27.2 Å². The SMILES string of the molecule is CCC(=O)Nc1ccccc1OCC(C)C. The van der Waals surface area contributed by atoms with Crippen LogP contribution in [0.3, 0.4) is 0 Å². The van der Waals surface area contributed by atoms with Gasteiger partial charge in [0.1, 0.15) is 5.75 Å². The van der Waals surface area contributed by atoms with Crippen molar-refractivity contribution in [2.24, 2.45) is 5.92 Å². The smallest absolute Gasteiger partial charge is 0.224 e. The molecule has 0 aliphatic rings. The summed E-state index contributed by atoms with van der Waals surface area (Å²) in [5.41, 5.74) is 0.745. The number of benzene rings is 1. The normalized spacial score (nSPS) is 10.2. The van der Waals surface area contributed by atoms with E-state index < -0.39 is 0 Å². The van der Waals surface area contributed by atoms with Crippen LogP contribution in [0.2, 0.25) is 0 Å². The molecule has 1 aromatic carbocycles. The molecule has 0 radical (unpaired) electrons. The molecule has 0 atom stereocenters. The van der Waals surface area contributed by atoms with Crippen LogP contribution in [-0.2, 0) is 4.79 Å². The zero-order chi connectivity index (χ0) is 12.0. The van der Waals surface area contributed by atoms with Crippen molar-refractivity contribution in [2.45, 2.75) is 27.2 Å². The summed E-state index contributed by atoms with van der Waals surface area (Å²) in [6.45, 7) is 6.66. The Hall–Kier alpha value is -1.51. The third-order valence-corrected chi connectivity index (χ3v) is 2.05. The lowest BCUT2D eigenvalue weighted by molar-refractivity contribution is -0.115. The number of carbonyl (C=O) groups is 1. The van der Waals surface area contributed by atoms with E-state index in [0.717, 1.165) is 11.4 Å². The van der Waals surface area contributed by atoms with Crippen molar-refractivity contribution in [1.29, 1.82) is 0 Å². The van der Waals surface area contributed by atoms with Crippen molar-refractivity contribution >= 4 is 11.6 Å². The molecule has 0 aliphatic carbocycles. The zero-order valence-electron chi connectivity index (χ0n) is 10.1. The average molecular weight is 221 g/mol. The van der Waals surface area contributed by atoms with Crippen LogP contribution >= 0.6 is 0 Å². The van der Waals surface area contributed by atoms with Crippen molar-refractivity contribution in [3.8, 4) is 5.75 Å². The van der Waals surface area contributed by atoms with E-state index in [1.54, 1.807) is 0 Å². The Morgan fingerprint density at radius 2 is 2.06 bits per heavy atom. The first-order valence-corrected chi connectivity index (χ1v) is 5.65. The van der Waals surface area contributed by atoms with E-state index in [2.05, 4.69) is 19.2 Å². The number of carbonyl (C=O) groups excluding carboxylic acids is 1. The van der Waals surface area contributed by atoms with Crippen LogP contribution in [0.5, 0.6) is 5.75 Å². The van der Waals surface area contributed by atoms with E-state index in [1.807, 2.05) is 31.2 Å². The first-order valence-electron chi connectivity index (χ1n) is 5.65. The summed E-state index contributed by atoms with van der Waals surface area (Å²) in [5, 5.41) is 2.82. The van der Waals surface area contributed by atoms with Crippen LogP contribution in [0.4, 0.5) is 5.69 Å². The summed E-state index contributed by atoms with van der Waals surface area (Å²) in [6, 6.07) is 7.50. The van der Waals surface area contributed by atoms with E-state index >= 15 is 0 Å². The van der Waals surface area contributed by atoms with E-state index in [1.165, 1.54) is 0 Å². The van der Waals surface area contributed by atoms with Gasteiger partial charge in [-0.2, -0.15) is 0 Å². The number of rotatable bonds is 5. The number of nitrogens with one attached hydrogen (secondary N) is 1. The van der Waals surface area contributed by atoms with Crippen LogP contribution < -0.4 is 10.1 Å². The van der Waals surface area contributed by atoms with Gasteiger partial charge in [-0.05, 0) is 18.1 Å². The number of amides is 1. The molecule has 0 heterocycles. The lowest BCUT2D eigenvalue weighted by Crippen LogP contribution is -2.12. The summed E-state index contributed by atoms with van der Waals surface area (Å²) in [5.74, 6) is 1.20. The van der Waals surface area contributed by atoms with Gasteiger partial charge in [0.25, 0.3) is 0 Å². The minimum Gasteiger partial charge on any atom is -0.491 e. The van der Waals surface area contributed by atoms with Gasteiger partial charge in [-0.1, -0.05) is 32.9 Å². The number of para-hydroxylation sites is 2. The molecule has 1 aromatic rings. The Morgan fingerprint density at radius 3 is 2.69 bits per heavy atom. The minimum absolute atomic E-state index is 0.000553. The molecule has 0 aromatic heterocycles. The Balaban J connectivity index is 2.71. The maximum absolute atomic E-state index is 11.3. The van der Waals surface area contributed by atoms with Gasteiger partial charge >= 0.3 is 0 Å². The Labute approximate surface area is 96.8 Å². The highest BCUT2D eigenvalue weighted by Crippen LogP contribution is 2.24. The fourth-order valence-corrected chi connectivity index (χ4v) is 1.19. The first-order chi connectivity index (χ1) is 7.63. The van der Waals surface area contributed by atoms with Gasteiger partial charge in [-0.25, -0.2) is 0 Å². The van der Waals surface area contributed by atoms with E-state index in [4.69, 9.17) is 4.74 Å². The van der Waals surface area contributed by atoms with Crippen molar-refractivity contribution in [3.63, 3.8) is 0 Å². The molecular weight excluding hydrogens is 202 g/mol. The third-order valence-electron chi connectivity index (χ3n) is 2.05. The molecule has 1 N–H and O–H groups in total. The second kappa shape index (κ2) is 6.16. The largest absolute Gasteiger partial charge is 0.491 e. The molecule has 0 aliphatic heterocycles. The summed E-state index contributed by atoms with van der Waals surface area (Å²) < 4.78 is 5.63. The third kappa shape index (κ3) is 3.93. The molecule has 88 valence electrons. The second-order valence-electron chi connectivity index (χ2n) is 4.10. The average Bonchev–Trinajstić information content (AvgIpc) is 2.27. The van der Waals surface area contributed by atoms with E-state index in [0.29, 0.717) is 18.9 Å². The highest BCUT2D eigenvalue weighted by molar-refractivity contribution is 5.91. The molecule has 0 saturated carbocycles. The van der Waals surface area contributed by atoms with E-state index in [9.17, 15) is 4.79 Å². The van der Waals surface area contributed by atoms with Crippen molar-refractivity contribution < 1.29 is 9.53 Å². The van der Waals surface area contributed by atoms with Gasteiger partial charge in [0.2, 0.25) is 5.91 Å². The standard InChI is InChI=1S/C13H19NO2/c1-4-13(15)14-11-7-5-6-8-12(11)16-9-10(2)3/h5-8,10H,4,9H2,1-3H3,(H,14,15). The minimum atomic E-state index is 0.000553. The van der Waals surface area contributed by atoms with Crippen LogP contribution in [0.15, 0.2) is 24.3 Å². The molecule has 16 heavy (non-hydrogen) atoms. The highest BCUT2D eigenvalue weighted by Gasteiger charge is 2.06. The molecule has 3 heteroatoms. The predicted octanol–water partition coefficient (Wildman–Crippen LogP) is 3.07. The molecule has 0 unspecified atom stereocenters. The van der Waals surface area contributed by atoms with Crippen LogP contribution in [0.25, 0.3) is 0 Å². The Morgan fingerprint density at radius 1 is 1.38 bits per heavy atom. The van der Waals surface area contributed by atoms with Crippen molar-refractivity contribution in [3.05, 3.63) is 24.3 Å². The number of ether oxygens (including phenoxy) is 1. The summed E-state index contributed by atoms with van der Waals surface area (Å²) in [7, 11) is 0. The maximum atomic E-state index is 11.3. The fraction of sp³-hybridized carbons (Fsp3) is 0.462. The lowest BCUT2D eigenvalue weighted by Gasteiger charge is -2.13. The second-order valence-corrected chi connectivity index (χ2v) is 4.10. The number of anilines is 1. The monoisotopic (exact) mass is 221 g/mol. The fourth-order valence-electron chi connectivity index (χ4n) is 1.19. The zero-order valence-corrected chi connectivity index (χ0v) is 10.1.